The zero-order chi connectivity index (χ0) is 16.4. The van der Waals surface area contributed by atoms with E-state index in [0.717, 1.165) is 0 Å². The Kier molecular flexibility index (Phi) is 3.51. The van der Waals surface area contributed by atoms with Crippen molar-refractivity contribution in [3.63, 3.8) is 0 Å². The Morgan fingerprint density at radius 3 is 1.52 bits per heavy atom. The topological polar surface area (TPSA) is 125 Å². The summed E-state index contributed by atoms with van der Waals surface area (Å²) in [7, 11) is 0. The SMILES string of the molecule is O=[N+]([O-])c1ccccc1-c1nnc(-c2ccccc2[N+](=O)[O-])o1. The highest BCUT2D eigenvalue weighted by Gasteiger charge is 2.23. The van der Waals surface area contributed by atoms with Crippen LogP contribution in [0.4, 0.5) is 11.4 Å². The third kappa shape index (κ3) is 2.62. The van der Waals surface area contributed by atoms with Gasteiger partial charge in [-0.25, -0.2) is 0 Å². The number of nitro benzene ring substituents is 2. The molecule has 0 aliphatic rings. The van der Waals surface area contributed by atoms with Crippen LogP contribution >= 0.6 is 0 Å². The summed E-state index contributed by atoms with van der Waals surface area (Å²) in [4.78, 5) is 21.0. The van der Waals surface area contributed by atoms with E-state index in [-0.39, 0.29) is 34.3 Å². The highest BCUT2D eigenvalue weighted by Crippen LogP contribution is 2.33. The fourth-order valence-corrected chi connectivity index (χ4v) is 2.07. The zero-order valence-electron chi connectivity index (χ0n) is 11.4. The maximum atomic E-state index is 11.0. The summed E-state index contributed by atoms with van der Waals surface area (Å²) in [5, 5.41) is 29.6. The van der Waals surface area contributed by atoms with Crippen LogP contribution in [0.25, 0.3) is 22.9 Å². The highest BCUT2D eigenvalue weighted by atomic mass is 16.6. The minimum Gasteiger partial charge on any atom is -0.416 e. The van der Waals surface area contributed by atoms with Crippen molar-refractivity contribution in [2.75, 3.05) is 0 Å². The van der Waals surface area contributed by atoms with E-state index in [1.807, 2.05) is 0 Å². The van der Waals surface area contributed by atoms with Gasteiger partial charge in [0.25, 0.3) is 23.2 Å². The van der Waals surface area contributed by atoms with Crippen LogP contribution in [-0.4, -0.2) is 20.0 Å². The Hall–Kier alpha value is -3.62. The van der Waals surface area contributed by atoms with Gasteiger partial charge in [-0.2, -0.15) is 0 Å². The number of para-hydroxylation sites is 2. The Morgan fingerprint density at radius 1 is 0.739 bits per heavy atom. The van der Waals surface area contributed by atoms with Crippen molar-refractivity contribution < 1.29 is 14.3 Å². The van der Waals surface area contributed by atoms with Gasteiger partial charge in [0.05, 0.1) is 9.85 Å². The summed E-state index contributed by atoms with van der Waals surface area (Å²) < 4.78 is 5.41. The van der Waals surface area contributed by atoms with Gasteiger partial charge < -0.3 is 4.42 Å². The van der Waals surface area contributed by atoms with Crippen LogP contribution in [0.15, 0.2) is 52.9 Å². The third-order valence-corrected chi connectivity index (χ3v) is 3.09. The molecule has 0 bridgehead atoms. The summed E-state index contributed by atoms with van der Waals surface area (Å²) in [6.07, 6.45) is 0. The van der Waals surface area contributed by atoms with Gasteiger partial charge in [-0.1, -0.05) is 24.3 Å². The fourth-order valence-electron chi connectivity index (χ4n) is 2.07. The van der Waals surface area contributed by atoms with Gasteiger partial charge in [0.2, 0.25) is 0 Å². The van der Waals surface area contributed by atoms with E-state index in [4.69, 9.17) is 4.42 Å². The predicted molar refractivity (Wildman–Crippen MR) is 78.5 cm³/mol. The minimum atomic E-state index is -0.565. The first kappa shape index (κ1) is 14.3. The van der Waals surface area contributed by atoms with Crippen molar-refractivity contribution in [3.05, 3.63) is 68.8 Å². The number of nitrogens with zero attached hydrogens (tertiary/aromatic N) is 4. The number of rotatable bonds is 4. The fraction of sp³-hybridized carbons (Fsp3) is 0. The first-order chi connectivity index (χ1) is 11.1. The van der Waals surface area contributed by atoms with E-state index in [2.05, 4.69) is 10.2 Å². The van der Waals surface area contributed by atoms with Gasteiger partial charge in [-0.15, -0.1) is 10.2 Å². The number of hydrogen-bond donors (Lipinski definition) is 0. The molecule has 23 heavy (non-hydrogen) atoms. The second kappa shape index (κ2) is 5.64. The van der Waals surface area contributed by atoms with E-state index < -0.39 is 9.85 Å². The monoisotopic (exact) mass is 312 g/mol. The molecule has 0 aliphatic heterocycles. The molecule has 3 rings (SSSR count). The molecular formula is C14H8N4O5. The smallest absolute Gasteiger partial charge is 0.282 e. The molecule has 0 amide bonds. The van der Waals surface area contributed by atoms with Crippen LogP contribution in [0.3, 0.4) is 0 Å². The van der Waals surface area contributed by atoms with Gasteiger partial charge in [0, 0.05) is 12.1 Å². The molecule has 114 valence electrons. The Bertz CT molecular complexity index is 833. The molecule has 0 aliphatic carbocycles. The lowest BCUT2D eigenvalue weighted by Crippen LogP contribution is -1.91. The van der Waals surface area contributed by atoms with Gasteiger partial charge in [-0.05, 0) is 12.1 Å². The lowest BCUT2D eigenvalue weighted by Gasteiger charge is -1.98. The number of aromatic nitrogens is 2. The molecule has 0 atom stereocenters. The molecule has 0 radical (unpaired) electrons. The third-order valence-electron chi connectivity index (χ3n) is 3.09. The molecule has 1 heterocycles. The van der Waals surface area contributed by atoms with E-state index in [1.54, 1.807) is 12.1 Å². The molecule has 9 nitrogen and oxygen atoms in total. The molecule has 0 saturated heterocycles. The van der Waals surface area contributed by atoms with E-state index in [9.17, 15) is 20.2 Å². The van der Waals surface area contributed by atoms with Gasteiger partial charge in [0.15, 0.2) is 0 Å². The van der Waals surface area contributed by atoms with Crippen LogP contribution in [0, 0.1) is 20.2 Å². The number of nitro groups is 2. The van der Waals surface area contributed by atoms with Crippen molar-refractivity contribution in [1.29, 1.82) is 0 Å². The lowest BCUT2D eigenvalue weighted by molar-refractivity contribution is -0.384. The van der Waals surface area contributed by atoms with E-state index >= 15 is 0 Å². The van der Waals surface area contributed by atoms with E-state index in [1.165, 1.54) is 36.4 Å². The molecule has 0 N–H and O–H groups in total. The standard InChI is InChI=1S/C14H8N4O5/c19-17(20)11-7-3-1-5-9(11)13-15-16-14(23-13)10-6-2-4-8-12(10)18(21)22/h1-8H. The molecule has 3 aromatic rings. The molecular weight excluding hydrogens is 304 g/mol. The second-order valence-corrected chi connectivity index (χ2v) is 4.46. The first-order valence-electron chi connectivity index (χ1n) is 6.39. The zero-order valence-corrected chi connectivity index (χ0v) is 11.4. The van der Waals surface area contributed by atoms with Gasteiger partial charge >= 0.3 is 0 Å². The van der Waals surface area contributed by atoms with Crippen molar-refractivity contribution >= 4 is 11.4 Å². The quantitative estimate of drug-likeness (QED) is 0.534. The van der Waals surface area contributed by atoms with Crippen LogP contribution < -0.4 is 0 Å². The summed E-state index contributed by atoms with van der Waals surface area (Å²) in [6, 6.07) is 11.8. The number of hydrogen-bond acceptors (Lipinski definition) is 7. The Morgan fingerprint density at radius 2 is 1.13 bits per heavy atom. The summed E-state index contributed by atoms with van der Waals surface area (Å²) in [5.74, 6) is -0.157. The second-order valence-electron chi connectivity index (χ2n) is 4.46. The van der Waals surface area contributed by atoms with Crippen LogP contribution in [0.2, 0.25) is 0 Å². The Balaban J connectivity index is 2.09. The van der Waals surface area contributed by atoms with Crippen molar-refractivity contribution in [1.82, 2.24) is 10.2 Å². The van der Waals surface area contributed by atoms with Crippen LogP contribution in [0.1, 0.15) is 0 Å². The molecule has 9 heteroatoms. The molecule has 2 aromatic carbocycles. The highest BCUT2D eigenvalue weighted by molar-refractivity contribution is 5.70. The normalized spacial score (nSPS) is 10.4. The summed E-state index contributed by atoms with van der Waals surface area (Å²) in [6.45, 7) is 0. The van der Waals surface area contributed by atoms with Crippen molar-refractivity contribution in [2.24, 2.45) is 0 Å². The summed E-state index contributed by atoms with van der Waals surface area (Å²) >= 11 is 0. The molecule has 0 saturated carbocycles. The average Bonchev–Trinajstić information content (AvgIpc) is 3.04. The molecule has 1 aromatic heterocycles. The van der Waals surface area contributed by atoms with Crippen molar-refractivity contribution in [2.45, 2.75) is 0 Å². The molecule has 0 spiro atoms. The van der Waals surface area contributed by atoms with Crippen LogP contribution in [-0.2, 0) is 0 Å². The van der Waals surface area contributed by atoms with Gasteiger partial charge in [-0.3, -0.25) is 20.2 Å². The first-order valence-corrected chi connectivity index (χ1v) is 6.39. The number of benzene rings is 2. The van der Waals surface area contributed by atoms with Gasteiger partial charge in [0.1, 0.15) is 11.1 Å². The van der Waals surface area contributed by atoms with Crippen molar-refractivity contribution in [3.8, 4) is 22.9 Å². The van der Waals surface area contributed by atoms with E-state index in [0.29, 0.717) is 0 Å². The largest absolute Gasteiger partial charge is 0.416 e. The maximum Gasteiger partial charge on any atom is 0.282 e. The van der Waals surface area contributed by atoms with Crippen LogP contribution in [0.5, 0.6) is 0 Å². The lowest BCUT2D eigenvalue weighted by atomic mass is 10.2. The maximum absolute atomic E-state index is 11.0. The molecule has 0 unspecified atom stereocenters. The Labute approximate surface area is 128 Å². The average molecular weight is 312 g/mol. The molecule has 0 fully saturated rings. The summed E-state index contributed by atoms with van der Waals surface area (Å²) in [5.41, 5.74) is -0.0832. The predicted octanol–water partition coefficient (Wildman–Crippen LogP) is 3.22. The minimum absolute atomic E-state index is 0.0783.